The fourth-order valence-electron chi connectivity index (χ4n) is 4.44. The number of rotatable bonds is 5. The fourth-order valence-corrected chi connectivity index (χ4v) is 5.34. The van der Waals surface area contributed by atoms with Gasteiger partial charge in [-0.2, -0.15) is 0 Å². The number of thioether (sulfide) groups is 1. The van der Waals surface area contributed by atoms with Crippen LogP contribution in [0.5, 0.6) is 0 Å². The minimum Gasteiger partial charge on any atom is -0.349 e. The first kappa shape index (κ1) is 21.7. The van der Waals surface area contributed by atoms with Crippen molar-refractivity contribution in [1.29, 1.82) is 0 Å². The lowest BCUT2D eigenvalue weighted by molar-refractivity contribution is 0.0928. The van der Waals surface area contributed by atoms with Gasteiger partial charge in [0.1, 0.15) is 0 Å². The van der Waals surface area contributed by atoms with E-state index in [4.69, 9.17) is 0 Å². The third-order valence-corrected chi connectivity index (χ3v) is 7.38. The van der Waals surface area contributed by atoms with Crippen molar-refractivity contribution in [3.8, 4) is 0 Å². The maximum atomic E-state index is 13.0. The highest BCUT2D eigenvalue weighted by Gasteiger charge is 2.20. The van der Waals surface area contributed by atoms with Crippen LogP contribution in [0.2, 0.25) is 0 Å². The van der Waals surface area contributed by atoms with Gasteiger partial charge in [-0.15, -0.1) is 10.2 Å². The molecule has 5 rings (SSSR count). The molecule has 1 amide bonds. The topological polar surface area (TPSA) is 81.3 Å². The van der Waals surface area contributed by atoms with Gasteiger partial charge in [0.05, 0.1) is 10.9 Å². The maximum absolute atomic E-state index is 13.0. The van der Waals surface area contributed by atoms with E-state index in [9.17, 15) is 9.59 Å². The number of nitrogens with one attached hydrogen (secondary N) is 1. The molecule has 0 aliphatic heterocycles. The van der Waals surface area contributed by atoms with Crippen molar-refractivity contribution in [2.24, 2.45) is 7.05 Å². The second-order valence-electron chi connectivity index (χ2n) is 8.80. The Labute approximate surface area is 196 Å². The van der Waals surface area contributed by atoms with Crippen LogP contribution in [0.15, 0.2) is 52.4 Å². The largest absolute Gasteiger partial charge is 0.349 e. The van der Waals surface area contributed by atoms with Crippen LogP contribution in [-0.4, -0.2) is 31.1 Å². The van der Waals surface area contributed by atoms with Gasteiger partial charge >= 0.3 is 0 Å². The number of nitrogens with zero attached hydrogens (tertiary/aromatic N) is 4. The SMILES string of the molecule is Cc1ccc(CSc2nnc3n(C)c(=O)c4ccc(C(=O)NC5CCCCC5)cc4n23)cc1. The molecule has 170 valence electrons. The predicted molar refractivity (Wildman–Crippen MR) is 131 cm³/mol. The third-order valence-electron chi connectivity index (χ3n) is 6.38. The molecule has 1 aliphatic rings. The molecule has 4 aromatic rings. The number of carbonyl (C=O) groups is 1. The lowest BCUT2D eigenvalue weighted by atomic mass is 9.95. The summed E-state index contributed by atoms with van der Waals surface area (Å²) >= 11 is 1.56. The number of hydrogen-bond acceptors (Lipinski definition) is 5. The van der Waals surface area contributed by atoms with Crippen LogP contribution in [0, 0.1) is 6.92 Å². The summed E-state index contributed by atoms with van der Waals surface area (Å²) in [6.07, 6.45) is 5.59. The first-order chi connectivity index (χ1) is 16.0. The fraction of sp³-hybridized carbons (Fsp3) is 0.360. The monoisotopic (exact) mass is 461 g/mol. The number of fused-ring (bicyclic) bond motifs is 3. The third kappa shape index (κ3) is 4.27. The van der Waals surface area contributed by atoms with Crippen molar-refractivity contribution in [2.75, 3.05) is 0 Å². The zero-order valence-corrected chi connectivity index (χ0v) is 19.7. The van der Waals surface area contributed by atoms with Gasteiger partial charge in [0.25, 0.3) is 11.5 Å². The normalized spacial score (nSPS) is 14.7. The van der Waals surface area contributed by atoms with E-state index in [1.165, 1.54) is 22.1 Å². The number of carbonyl (C=O) groups excluding carboxylic acids is 1. The summed E-state index contributed by atoms with van der Waals surface area (Å²) in [5, 5.41) is 13.0. The molecule has 0 atom stereocenters. The molecule has 0 bridgehead atoms. The van der Waals surface area contributed by atoms with E-state index in [2.05, 4.69) is 46.7 Å². The quantitative estimate of drug-likeness (QED) is 0.450. The minimum atomic E-state index is -0.153. The predicted octanol–water partition coefficient (Wildman–Crippen LogP) is 4.24. The van der Waals surface area contributed by atoms with Gasteiger partial charge < -0.3 is 5.32 Å². The van der Waals surface area contributed by atoms with Crippen molar-refractivity contribution >= 4 is 34.3 Å². The molecule has 2 heterocycles. The first-order valence-electron chi connectivity index (χ1n) is 11.4. The Kier molecular flexibility index (Phi) is 5.93. The number of hydrogen-bond donors (Lipinski definition) is 1. The van der Waals surface area contributed by atoms with Crippen molar-refractivity contribution < 1.29 is 4.79 Å². The molecule has 1 N–H and O–H groups in total. The summed E-state index contributed by atoms with van der Waals surface area (Å²) in [4.78, 5) is 25.9. The molecule has 33 heavy (non-hydrogen) atoms. The number of aryl methyl sites for hydroxylation is 2. The van der Waals surface area contributed by atoms with E-state index in [-0.39, 0.29) is 17.5 Å². The average Bonchev–Trinajstić information content (AvgIpc) is 3.27. The van der Waals surface area contributed by atoms with Crippen LogP contribution in [-0.2, 0) is 12.8 Å². The number of amides is 1. The number of benzene rings is 2. The molecule has 2 aromatic carbocycles. The Morgan fingerprint density at radius 3 is 2.61 bits per heavy atom. The highest BCUT2D eigenvalue weighted by atomic mass is 32.2. The van der Waals surface area contributed by atoms with Gasteiger partial charge in [-0.3, -0.25) is 18.6 Å². The minimum absolute atomic E-state index is 0.0976. The Morgan fingerprint density at radius 2 is 1.85 bits per heavy atom. The Hall–Kier alpha value is -3.13. The van der Waals surface area contributed by atoms with E-state index in [1.54, 1.807) is 37.0 Å². The smallest absolute Gasteiger partial charge is 0.262 e. The molecule has 7 nitrogen and oxygen atoms in total. The molecular weight excluding hydrogens is 434 g/mol. The second kappa shape index (κ2) is 9.02. The van der Waals surface area contributed by atoms with Crippen molar-refractivity contribution in [3.63, 3.8) is 0 Å². The molecular formula is C25H27N5O2S. The van der Waals surface area contributed by atoms with Crippen LogP contribution < -0.4 is 10.9 Å². The summed E-state index contributed by atoms with van der Waals surface area (Å²) in [5.74, 6) is 1.09. The van der Waals surface area contributed by atoms with E-state index >= 15 is 0 Å². The lowest BCUT2D eigenvalue weighted by Gasteiger charge is -2.22. The standard InChI is InChI=1S/C25H27N5O2S/c1-16-8-10-17(11-9-16)15-33-25-28-27-24-29(2)23(32)20-13-12-18(14-21(20)30(24)25)22(31)26-19-6-4-3-5-7-19/h8-14,19H,3-7,15H2,1-2H3,(H,26,31). The molecule has 1 aliphatic carbocycles. The summed E-state index contributed by atoms with van der Waals surface area (Å²) in [6, 6.07) is 13.9. The molecule has 8 heteroatoms. The van der Waals surface area contributed by atoms with Gasteiger partial charge in [0.15, 0.2) is 5.16 Å². The van der Waals surface area contributed by atoms with Gasteiger partial charge in [-0.1, -0.05) is 60.9 Å². The van der Waals surface area contributed by atoms with E-state index in [0.29, 0.717) is 27.4 Å². The van der Waals surface area contributed by atoms with Crippen LogP contribution in [0.3, 0.4) is 0 Å². The van der Waals surface area contributed by atoms with Crippen molar-refractivity contribution in [3.05, 3.63) is 69.5 Å². The molecule has 0 spiro atoms. The Balaban J connectivity index is 1.53. The molecule has 0 saturated heterocycles. The summed E-state index contributed by atoms with van der Waals surface area (Å²) in [6.45, 7) is 2.07. The molecule has 2 aromatic heterocycles. The van der Waals surface area contributed by atoms with Gasteiger partial charge in [0, 0.05) is 24.4 Å². The molecule has 0 radical (unpaired) electrons. The zero-order valence-electron chi connectivity index (χ0n) is 18.9. The molecule has 1 saturated carbocycles. The van der Waals surface area contributed by atoms with Crippen molar-refractivity contribution in [2.45, 2.75) is 56.0 Å². The number of aromatic nitrogens is 4. The van der Waals surface area contributed by atoms with E-state index in [0.717, 1.165) is 31.4 Å². The van der Waals surface area contributed by atoms with E-state index < -0.39 is 0 Å². The Bertz CT molecular complexity index is 1380. The zero-order chi connectivity index (χ0) is 22.9. The lowest BCUT2D eigenvalue weighted by Crippen LogP contribution is -2.36. The van der Waals surface area contributed by atoms with E-state index in [1.807, 2.05) is 4.40 Å². The first-order valence-corrected chi connectivity index (χ1v) is 12.4. The maximum Gasteiger partial charge on any atom is 0.262 e. The molecule has 0 unspecified atom stereocenters. The van der Waals surface area contributed by atoms with Crippen LogP contribution in [0.1, 0.15) is 53.6 Å². The van der Waals surface area contributed by atoms with Gasteiger partial charge in [-0.05, 0) is 43.5 Å². The van der Waals surface area contributed by atoms with Crippen LogP contribution in [0.25, 0.3) is 16.7 Å². The highest BCUT2D eigenvalue weighted by Crippen LogP contribution is 2.25. The summed E-state index contributed by atoms with van der Waals surface area (Å²) in [7, 11) is 1.70. The molecule has 1 fully saturated rings. The van der Waals surface area contributed by atoms with Gasteiger partial charge in [0.2, 0.25) is 5.78 Å². The second-order valence-corrected chi connectivity index (χ2v) is 9.74. The van der Waals surface area contributed by atoms with Crippen LogP contribution in [0.4, 0.5) is 0 Å². The summed E-state index contributed by atoms with van der Waals surface area (Å²) < 4.78 is 3.39. The van der Waals surface area contributed by atoms with Gasteiger partial charge in [-0.25, -0.2) is 0 Å². The Morgan fingerprint density at radius 1 is 1.09 bits per heavy atom. The summed E-state index contributed by atoms with van der Waals surface area (Å²) in [5.41, 5.74) is 3.45. The average molecular weight is 462 g/mol. The highest BCUT2D eigenvalue weighted by molar-refractivity contribution is 7.98. The van der Waals surface area contributed by atoms with Crippen molar-refractivity contribution in [1.82, 2.24) is 24.5 Å². The van der Waals surface area contributed by atoms with Crippen LogP contribution >= 0.6 is 11.8 Å².